The van der Waals surface area contributed by atoms with E-state index in [1.165, 1.54) is 127 Å². The molecule has 0 saturated heterocycles. The third-order valence-corrected chi connectivity index (χ3v) is 16.3. The van der Waals surface area contributed by atoms with Gasteiger partial charge in [0.25, 0.3) is 0 Å². The average molecular weight is 452 g/mol. The van der Waals surface area contributed by atoms with Gasteiger partial charge >= 0.3 is 176 Å². The van der Waals surface area contributed by atoms with Gasteiger partial charge in [0.05, 0.1) is 0 Å². The van der Waals surface area contributed by atoms with Crippen molar-refractivity contribution in [2.24, 2.45) is 0 Å². The Morgan fingerprint density at radius 1 is 0.385 bits per heavy atom. The van der Waals surface area contributed by atoms with E-state index in [1.54, 1.807) is 0 Å². The average Bonchev–Trinajstić information content (AvgIpc) is 2.65. The molecule has 0 rings (SSSR count). The zero-order valence-electron chi connectivity index (χ0n) is 19.0. The van der Waals surface area contributed by atoms with Crippen molar-refractivity contribution < 1.29 is 0 Å². The molecule has 0 atom stereocenters. The van der Waals surface area contributed by atoms with Gasteiger partial charge in [0, 0.05) is 0 Å². The van der Waals surface area contributed by atoms with Gasteiger partial charge in [0.15, 0.2) is 0 Å². The summed E-state index contributed by atoms with van der Waals surface area (Å²) in [5, 5.41) is -1.62. The summed E-state index contributed by atoms with van der Waals surface area (Å²) < 4.78 is 0. The molecule has 0 bridgehead atoms. The summed E-state index contributed by atoms with van der Waals surface area (Å²) >= 11 is 4.54. The van der Waals surface area contributed by atoms with E-state index in [2.05, 4.69) is 43.2 Å². The van der Waals surface area contributed by atoms with E-state index < -0.39 is 5.31 Å². The molecule has 0 radical (unpaired) electrons. The van der Waals surface area contributed by atoms with Crippen molar-refractivity contribution >= 4 is 20.8 Å². The van der Waals surface area contributed by atoms with Crippen LogP contribution in [-0.2, 0) is 0 Å². The first-order valence-corrected chi connectivity index (χ1v) is 17.3. The minimum absolute atomic E-state index is 1.36. The molecule has 0 aliphatic carbocycles. The molecule has 0 spiro atoms. The first kappa shape index (κ1) is 26.9. The molecule has 0 aromatic heterocycles. The van der Waals surface area contributed by atoms with Crippen LogP contribution in [0.5, 0.6) is 0 Å². The summed E-state index contributed by atoms with van der Waals surface area (Å²) in [5.41, 5.74) is 0. The van der Waals surface area contributed by atoms with E-state index >= 15 is 0 Å². The summed E-state index contributed by atoms with van der Waals surface area (Å²) in [7, 11) is 0. The van der Waals surface area contributed by atoms with Crippen molar-refractivity contribution in [3.8, 4) is 0 Å². The van der Waals surface area contributed by atoms with Crippen LogP contribution in [0.4, 0.5) is 0 Å². The van der Waals surface area contributed by atoms with Crippen molar-refractivity contribution in [3.63, 3.8) is 0 Å². The summed E-state index contributed by atoms with van der Waals surface area (Å²) in [6.07, 6.45) is 29.1. The molecule has 0 N–H and O–H groups in total. The molecule has 0 heterocycles. The second-order valence-corrected chi connectivity index (χ2v) is 20.4. The molecule has 160 valence electrons. The van der Waals surface area contributed by atoms with Crippen LogP contribution in [0.3, 0.4) is 0 Å². The summed E-state index contributed by atoms with van der Waals surface area (Å²) in [6, 6.07) is 0. The first-order chi connectivity index (χ1) is 12.5. The number of hydrogen-bond donors (Lipinski definition) is 0. The van der Waals surface area contributed by atoms with Crippen LogP contribution in [0.15, 0.2) is 0 Å². The van der Waals surface area contributed by atoms with Crippen molar-refractivity contribution in [3.05, 3.63) is 0 Å². The second-order valence-electron chi connectivity index (χ2n) is 8.96. The zero-order valence-corrected chi connectivity index (χ0v) is 21.4. The molecule has 0 aromatic carbocycles. The molecule has 26 heavy (non-hydrogen) atoms. The van der Waals surface area contributed by atoms with Gasteiger partial charge in [-0.15, -0.1) is 0 Å². The van der Waals surface area contributed by atoms with Crippen LogP contribution in [0, 0.1) is 0 Å². The molecule has 0 aromatic rings. The van der Waals surface area contributed by atoms with Gasteiger partial charge in [-0.1, -0.05) is 0 Å². The van der Waals surface area contributed by atoms with Crippen LogP contribution in [-0.4, -0.2) is 24.6 Å². The summed E-state index contributed by atoms with van der Waals surface area (Å²) in [5.74, 6) is 0. The Morgan fingerprint density at radius 3 is 1.00 bits per heavy atom. The van der Waals surface area contributed by atoms with Gasteiger partial charge in [-0.25, -0.2) is 0 Å². The minimum atomic E-state index is -1.62. The van der Waals surface area contributed by atoms with Crippen molar-refractivity contribution in [1.82, 2.24) is 0 Å². The third kappa shape index (κ3) is 13.1. The predicted molar refractivity (Wildman–Crippen MR) is 132 cm³/mol. The Kier molecular flexibility index (Phi) is 17.4. The van der Waals surface area contributed by atoms with Crippen LogP contribution in [0.25, 0.3) is 0 Å². The quantitative estimate of drug-likeness (QED) is 0.128. The van der Waals surface area contributed by atoms with Gasteiger partial charge in [-0.3, -0.25) is 0 Å². The van der Waals surface area contributed by atoms with E-state index in [4.69, 9.17) is 0 Å². The van der Waals surface area contributed by atoms with E-state index in [0.717, 1.165) is 0 Å². The van der Waals surface area contributed by atoms with Crippen LogP contribution >= 0.6 is 20.8 Å². The predicted octanol–water partition coefficient (Wildman–Crippen LogP) is 10.2. The van der Waals surface area contributed by atoms with Crippen molar-refractivity contribution in [2.45, 2.75) is 130 Å². The second kappa shape index (κ2) is 16.8. The Bertz CT molecular complexity index is 278. The van der Waals surface area contributed by atoms with Crippen LogP contribution in [0.1, 0.15) is 130 Å². The SMILES string of the molecule is CCCCCCCCCCCCP(Br)(CCCC)(CCCC)CCCC. The molecule has 0 amide bonds. The number of halogens is 1. The van der Waals surface area contributed by atoms with E-state index in [1.807, 2.05) is 0 Å². The van der Waals surface area contributed by atoms with Gasteiger partial charge in [-0.2, -0.15) is 0 Å². The van der Waals surface area contributed by atoms with Crippen molar-refractivity contribution in [1.29, 1.82) is 0 Å². The normalized spacial score (nSPS) is 13.7. The zero-order chi connectivity index (χ0) is 19.6. The fourth-order valence-electron chi connectivity index (χ4n) is 4.33. The molecular weight excluding hydrogens is 399 g/mol. The van der Waals surface area contributed by atoms with Gasteiger partial charge < -0.3 is 0 Å². The monoisotopic (exact) mass is 450 g/mol. The first-order valence-electron chi connectivity index (χ1n) is 12.3. The van der Waals surface area contributed by atoms with Gasteiger partial charge in [0.1, 0.15) is 0 Å². The summed E-state index contributed by atoms with van der Waals surface area (Å²) in [6.45, 7) is 9.41. The fourth-order valence-corrected chi connectivity index (χ4v) is 13.0. The summed E-state index contributed by atoms with van der Waals surface area (Å²) in [4.78, 5) is 0. The van der Waals surface area contributed by atoms with Gasteiger partial charge in [-0.05, 0) is 0 Å². The molecule has 0 saturated carbocycles. The molecular formula is C24H52BrP. The number of rotatable bonds is 20. The Balaban J connectivity index is 4.27. The maximum absolute atomic E-state index is 4.54. The Morgan fingerprint density at radius 2 is 0.654 bits per heavy atom. The Labute approximate surface area is 175 Å². The topological polar surface area (TPSA) is 0 Å². The van der Waals surface area contributed by atoms with E-state index in [-0.39, 0.29) is 0 Å². The van der Waals surface area contributed by atoms with E-state index in [9.17, 15) is 0 Å². The van der Waals surface area contributed by atoms with Gasteiger partial charge in [0.2, 0.25) is 0 Å². The van der Waals surface area contributed by atoms with Crippen LogP contribution < -0.4 is 0 Å². The molecule has 0 aliphatic heterocycles. The van der Waals surface area contributed by atoms with E-state index in [0.29, 0.717) is 0 Å². The molecule has 0 nitrogen and oxygen atoms in total. The third-order valence-electron chi connectivity index (χ3n) is 6.28. The number of hydrogen-bond acceptors (Lipinski definition) is 0. The number of unbranched alkanes of at least 4 members (excludes halogenated alkanes) is 12. The standard InChI is InChI=1S/C24H52BrP/c1-5-9-13-14-15-16-17-18-19-20-24-26(25,21-10-6-2,22-11-7-3)23-12-8-4/h5-24H2,1-4H3. The molecule has 0 unspecified atom stereocenters. The fraction of sp³-hybridized carbons (Fsp3) is 1.00. The van der Waals surface area contributed by atoms with Crippen LogP contribution in [0.2, 0.25) is 0 Å². The molecule has 2 heteroatoms. The maximum atomic E-state index is 4.54. The van der Waals surface area contributed by atoms with Crippen molar-refractivity contribution in [2.75, 3.05) is 24.6 Å². The molecule has 0 fully saturated rings. The molecule has 0 aliphatic rings. The Hall–Kier alpha value is 0.910.